The van der Waals surface area contributed by atoms with Crippen molar-refractivity contribution < 1.29 is 4.74 Å². The Hall–Kier alpha value is -1.68. The number of anilines is 3. The quantitative estimate of drug-likeness (QED) is 0.794. The van der Waals surface area contributed by atoms with E-state index in [1.54, 1.807) is 0 Å². The molecule has 2 aromatic carbocycles. The van der Waals surface area contributed by atoms with E-state index in [9.17, 15) is 0 Å². The zero-order chi connectivity index (χ0) is 13.7. The lowest BCUT2D eigenvalue weighted by atomic mass is 10.2. The van der Waals surface area contributed by atoms with Crippen molar-refractivity contribution in [1.29, 1.82) is 0 Å². The summed E-state index contributed by atoms with van der Waals surface area (Å²) in [5.74, 6) is 0.721. The lowest BCUT2D eigenvalue weighted by molar-refractivity contribution is 0.319. The molecular weight excluding hydrogens is 304 g/mol. The van der Waals surface area contributed by atoms with Crippen LogP contribution in [0.3, 0.4) is 0 Å². The van der Waals surface area contributed by atoms with Crippen LogP contribution in [0.5, 0.6) is 5.75 Å². The van der Waals surface area contributed by atoms with E-state index < -0.39 is 0 Å². The molecule has 0 aliphatic carbocycles. The second-order valence-electron chi connectivity index (χ2n) is 4.21. The first kappa shape index (κ1) is 13.7. The van der Waals surface area contributed by atoms with Crippen molar-refractivity contribution in [1.82, 2.24) is 0 Å². The Balaban J connectivity index is 2.19. The van der Waals surface area contributed by atoms with Crippen molar-refractivity contribution in [3.63, 3.8) is 0 Å². The van der Waals surface area contributed by atoms with E-state index in [0.29, 0.717) is 12.3 Å². The number of hydrogen-bond acceptors (Lipinski definition) is 3. The van der Waals surface area contributed by atoms with Crippen LogP contribution in [0.25, 0.3) is 0 Å². The number of nitrogens with two attached hydrogens (primary N) is 1. The van der Waals surface area contributed by atoms with E-state index in [2.05, 4.69) is 28.2 Å². The molecule has 0 spiro atoms. The molecule has 2 rings (SSSR count). The molecule has 0 aromatic heterocycles. The van der Waals surface area contributed by atoms with Crippen LogP contribution in [0, 0.1) is 0 Å². The van der Waals surface area contributed by atoms with Crippen LogP contribution in [0.4, 0.5) is 17.1 Å². The van der Waals surface area contributed by atoms with Crippen LogP contribution in [-0.2, 0) is 0 Å². The van der Waals surface area contributed by atoms with Gasteiger partial charge in [0.1, 0.15) is 5.75 Å². The fourth-order valence-corrected chi connectivity index (χ4v) is 2.05. The van der Waals surface area contributed by atoms with Crippen molar-refractivity contribution in [2.75, 3.05) is 17.7 Å². The Morgan fingerprint density at radius 1 is 1.21 bits per heavy atom. The molecule has 100 valence electrons. The summed E-state index contributed by atoms with van der Waals surface area (Å²) in [6.07, 6.45) is 0.960. The molecular formula is C15H17BrN2O. The van der Waals surface area contributed by atoms with Gasteiger partial charge in [-0.3, -0.25) is 0 Å². The monoisotopic (exact) mass is 320 g/mol. The highest BCUT2D eigenvalue weighted by Crippen LogP contribution is 2.30. The Morgan fingerprint density at radius 3 is 2.74 bits per heavy atom. The fourth-order valence-electron chi connectivity index (χ4n) is 1.67. The average Bonchev–Trinajstić information content (AvgIpc) is 2.42. The first-order valence-electron chi connectivity index (χ1n) is 6.24. The van der Waals surface area contributed by atoms with Gasteiger partial charge >= 0.3 is 0 Å². The summed E-state index contributed by atoms with van der Waals surface area (Å²) in [7, 11) is 0. The molecule has 19 heavy (non-hydrogen) atoms. The second kappa shape index (κ2) is 6.48. The highest BCUT2D eigenvalue weighted by Gasteiger charge is 2.04. The van der Waals surface area contributed by atoms with Crippen LogP contribution in [0.2, 0.25) is 0 Å². The molecule has 0 saturated heterocycles. The molecule has 0 radical (unpaired) electrons. The summed E-state index contributed by atoms with van der Waals surface area (Å²) in [6, 6.07) is 13.7. The second-order valence-corrected chi connectivity index (χ2v) is 5.06. The number of benzene rings is 2. The smallest absolute Gasteiger partial charge is 0.144 e. The van der Waals surface area contributed by atoms with Crippen LogP contribution < -0.4 is 15.8 Å². The summed E-state index contributed by atoms with van der Waals surface area (Å²) >= 11 is 3.51. The molecule has 0 aliphatic heterocycles. The molecule has 0 bridgehead atoms. The number of nitrogen functional groups attached to an aromatic ring is 1. The third-order valence-electron chi connectivity index (χ3n) is 2.63. The van der Waals surface area contributed by atoms with Crippen LogP contribution >= 0.6 is 15.9 Å². The van der Waals surface area contributed by atoms with Gasteiger partial charge in [0, 0.05) is 16.2 Å². The molecule has 3 nitrogen and oxygen atoms in total. The standard InChI is InChI=1S/C15H17BrN2O/c1-2-9-19-15-10-11(7-8-13(15)17)18-14-6-4-3-5-12(14)16/h3-8,10,18H,2,9,17H2,1H3. The fraction of sp³-hybridized carbons (Fsp3) is 0.200. The van der Waals surface area contributed by atoms with E-state index in [0.717, 1.165) is 28.0 Å². The van der Waals surface area contributed by atoms with Gasteiger partial charge in [0.05, 0.1) is 18.0 Å². The molecule has 0 aliphatic rings. The predicted molar refractivity (Wildman–Crippen MR) is 84.1 cm³/mol. The van der Waals surface area contributed by atoms with E-state index >= 15 is 0 Å². The lowest BCUT2D eigenvalue weighted by Crippen LogP contribution is -2.00. The first-order valence-corrected chi connectivity index (χ1v) is 7.04. The summed E-state index contributed by atoms with van der Waals surface area (Å²) in [6.45, 7) is 2.74. The normalized spacial score (nSPS) is 10.2. The summed E-state index contributed by atoms with van der Waals surface area (Å²) in [5.41, 5.74) is 8.51. The van der Waals surface area contributed by atoms with Gasteiger partial charge in [-0.25, -0.2) is 0 Å². The highest BCUT2D eigenvalue weighted by atomic mass is 79.9. The Labute approximate surface area is 121 Å². The molecule has 2 aromatic rings. The van der Waals surface area contributed by atoms with E-state index in [1.807, 2.05) is 42.5 Å². The number of nitrogens with one attached hydrogen (secondary N) is 1. The molecule has 0 amide bonds. The van der Waals surface area contributed by atoms with Crippen molar-refractivity contribution in [2.45, 2.75) is 13.3 Å². The van der Waals surface area contributed by atoms with Crippen LogP contribution in [0.15, 0.2) is 46.9 Å². The van der Waals surface area contributed by atoms with Crippen molar-refractivity contribution >= 4 is 33.0 Å². The van der Waals surface area contributed by atoms with Gasteiger partial charge in [-0.1, -0.05) is 19.1 Å². The minimum atomic E-state index is 0.658. The number of halogens is 1. The molecule has 0 atom stereocenters. The Morgan fingerprint density at radius 2 is 2.00 bits per heavy atom. The summed E-state index contributed by atoms with van der Waals surface area (Å²) in [4.78, 5) is 0. The van der Waals surface area contributed by atoms with E-state index in [4.69, 9.17) is 10.5 Å². The minimum Gasteiger partial charge on any atom is -0.491 e. The topological polar surface area (TPSA) is 47.3 Å². The summed E-state index contributed by atoms with van der Waals surface area (Å²) in [5, 5.41) is 3.33. The van der Waals surface area contributed by atoms with E-state index in [-0.39, 0.29) is 0 Å². The van der Waals surface area contributed by atoms with Crippen molar-refractivity contribution in [3.8, 4) is 5.75 Å². The van der Waals surface area contributed by atoms with Gasteiger partial charge < -0.3 is 15.8 Å². The van der Waals surface area contributed by atoms with Gasteiger partial charge in [-0.05, 0) is 46.6 Å². The molecule has 3 N–H and O–H groups in total. The Bertz CT molecular complexity index is 558. The van der Waals surface area contributed by atoms with Gasteiger partial charge in [0.2, 0.25) is 0 Å². The molecule has 4 heteroatoms. The predicted octanol–water partition coefficient (Wildman–Crippen LogP) is 4.56. The Kier molecular flexibility index (Phi) is 4.68. The van der Waals surface area contributed by atoms with Gasteiger partial charge in [-0.2, -0.15) is 0 Å². The number of hydrogen-bond donors (Lipinski definition) is 2. The third kappa shape index (κ3) is 3.64. The average molecular weight is 321 g/mol. The molecule has 0 saturated carbocycles. The highest BCUT2D eigenvalue weighted by molar-refractivity contribution is 9.10. The van der Waals surface area contributed by atoms with Crippen molar-refractivity contribution in [2.24, 2.45) is 0 Å². The van der Waals surface area contributed by atoms with Crippen LogP contribution in [-0.4, -0.2) is 6.61 Å². The maximum Gasteiger partial charge on any atom is 0.144 e. The maximum absolute atomic E-state index is 5.89. The molecule has 0 unspecified atom stereocenters. The van der Waals surface area contributed by atoms with Crippen LogP contribution in [0.1, 0.15) is 13.3 Å². The number of rotatable bonds is 5. The van der Waals surface area contributed by atoms with Gasteiger partial charge in [0.25, 0.3) is 0 Å². The number of para-hydroxylation sites is 1. The molecule has 0 fully saturated rings. The van der Waals surface area contributed by atoms with Crippen molar-refractivity contribution in [3.05, 3.63) is 46.9 Å². The summed E-state index contributed by atoms with van der Waals surface area (Å²) < 4.78 is 6.63. The van der Waals surface area contributed by atoms with Gasteiger partial charge in [0.15, 0.2) is 0 Å². The SMILES string of the molecule is CCCOc1cc(Nc2ccccc2Br)ccc1N. The zero-order valence-electron chi connectivity index (χ0n) is 10.8. The lowest BCUT2D eigenvalue weighted by Gasteiger charge is -2.12. The molecule has 0 heterocycles. The maximum atomic E-state index is 5.89. The minimum absolute atomic E-state index is 0.658. The van der Waals surface area contributed by atoms with Gasteiger partial charge in [-0.15, -0.1) is 0 Å². The third-order valence-corrected chi connectivity index (χ3v) is 3.32. The zero-order valence-corrected chi connectivity index (χ0v) is 12.4. The largest absolute Gasteiger partial charge is 0.491 e. The number of ether oxygens (including phenoxy) is 1. The van der Waals surface area contributed by atoms with E-state index in [1.165, 1.54) is 0 Å². The first-order chi connectivity index (χ1) is 9.20.